The maximum atomic E-state index is 12.8. The van der Waals surface area contributed by atoms with Gasteiger partial charge in [-0.3, -0.25) is 4.79 Å². The molecule has 162 valence electrons. The number of benzene rings is 1. The number of amides is 1. The van der Waals surface area contributed by atoms with Gasteiger partial charge in [0.2, 0.25) is 0 Å². The van der Waals surface area contributed by atoms with Gasteiger partial charge in [-0.2, -0.15) is 13.2 Å². The third-order valence-electron chi connectivity index (χ3n) is 5.14. The zero-order chi connectivity index (χ0) is 22.0. The van der Waals surface area contributed by atoms with Crippen LogP contribution in [0.4, 0.5) is 19.0 Å². The Morgan fingerprint density at radius 2 is 1.81 bits per heavy atom. The van der Waals surface area contributed by atoms with Gasteiger partial charge in [0.25, 0.3) is 5.91 Å². The van der Waals surface area contributed by atoms with Crippen molar-refractivity contribution in [2.24, 2.45) is 0 Å². The van der Waals surface area contributed by atoms with E-state index in [1.54, 1.807) is 34.5 Å². The molecule has 10 heteroatoms. The van der Waals surface area contributed by atoms with Gasteiger partial charge >= 0.3 is 6.18 Å². The second kappa shape index (κ2) is 8.58. The van der Waals surface area contributed by atoms with Crippen molar-refractivity contribution in [1.82, 2.24) is 19.4 Å². The molecule has 0 aliphatic carbocycles. The summed E-state index contributed by atoms with van der Waals surface area (Å²) in [6.07, 6.45) is 1.61. The van der Waals surface area contributed by atoms with Crippen molar-refractivity contribution in [2.75, 3.05) is 31.1 Å². The Bertz CT molecular complexity index is 1050. The predicted molar refractivity (Wildman–Crippen MR) is 110 cm³/mol. The molecule has 0 radical (unpaired) electrons. The molecule has 1 amide bonds. The van der Waals surface area contributed by atoms with E-state index < -0.39 is 11.7 Å². The van der Waals surface area contributed by atoms with Crippen LogP contribution in [0.1, 0.15) is 21.5 Å². The molecule has 0 saturated carbocycles. The number of imidazole rings is 1. The standard InChI is InChI=1S/C21H19ClF3N5O/c22-18-11-17(21(23,24)25)12-27-19(18)29-7-9-30(10-8-29)20(31)16-3-1-15(2-4-16)13-28-6-5-26-14-28/h1-6,11-12,14H,7-10,13H2. The van der Waals surface area contributed by atoms with Crippen LogP contribution >= 0.6 is 11.6 Å². The number of aromatic nitrogens is 3. The minimum atomic E-state index is -4.49. The molecular formula is C21H19ClF3N5O. The summed E-state index contributed by atoms with van der Waals surface area (Å²) in [4.78, 5) is 24.2. The van der Waals surface area contributed by atoms with Gasteiger partial charge in [-0.05, 0) is 23.8 Å². The number of carbonyl (C=O) groups is 1. The van der Waals surface area contributed by atoms with Crippen molar-refractivity contribution in [1.29, 1.82) is 0 Å². The van der Waals surface area contributed by atoms with Crippen molar-refractivity contribution in [3.05, 3.63) is 77.0 Å². The zero-order valence-corrected chi connectivity index (χ0v) is 17.1. The van der Waals surface area contributed by atoms with Crippen molar-refractivity contribution in [2.45, 2.75) is 12.7 Å². The molecule has 1 aliphatic rings. The van der Waals surface area contributed by atoms with Gasteiger partial charge in [-0.25, -0.2) is 9.97 Å². The predicted octanol–water partition coefficient (Wildman–Crippen LogP) is 3.96. The van der Waals surface area contributed by atoms with Crippen molar-refractivity contribution >= 4 is 23.3 Å². The highest BCUT2D eigenvalue weighted by Crippen LogP contribution is 2.33. The molecule has 3 aromatic rings. The quantitative estimate of drug-likeness (QED) is 0.605. The monoisotopic (exact) mass is 449 g/mol. The van der Waals surface area contributed by atoms with Gasteiger partial charge in [0.1, 0.15) is 5.82 Å². The van der Waals surface area contributed by atoms with Gasteiger partial charge in [0.15, 0.2) is 0 Å². The van der Waals surface area contributed by atoms with Crippen LogP contribution in [-0.4, -0.2) is 51.5 Å². The Morgan fingerprint density at radius 3 is 2.39 bits per heavy atom. The SMILES string of the molecule is O=C(c1ccc(Cn2ccnc2)cc1)N1CCN(c2ncc(C(F)(F)F)cc2Cl)CC1. The van der Waals surface area contributed by atoms with Gasteiger partial charge < -0.3 is 14.4 Å². The molecule has 0 spiro atoms. The second-order valence-corrected chi connectivity index (χ2v) is 7.65. The van der Waals surface area contributed by atoms with Gasteiger partial charge in [0.05, 0.1) is 16.9 Å². The first-order valence-electron chi connectivity index (χ1n) is 9.63. The van der Waals surface area contributed by atoms with Crippen molar-refractivity contribution in [3.8, 4) is 0 Å². The summed E-state index contributed by atoms with van der Waals surface area (Å²) in [6.45, 7) is 2.39. The highest BCUT2D eigenvalue weighted by molar-refractivity contribution is 6.33. The number of hydrogen-bond acceptors (Lipinski definition) is 4. The van der Waals surface area contributed by atoms with Crippen molar-refractivity contribution < 1.29 is 18.0 Å². The Hall–Kier alpha value is -3.07. The first-order valence-corrected chi connectivity index (χ1v) is 10.0. The summed E-state index contributed by atoms with van der Waals surface area (Å²) < 4.78 is 40.3. The molecule has 1 aliphatic heterocycles. The summed E-state index contributed by atoms with van der Waals surface area (Å²) in [5.41, 5.74) is 0.766. The molecule has 0 N–H and O–H groups in total. The average Bonchev–Trinajstić information content (AvgIpc) is 3.26. The third-order valence-corrected chi connectivity index (χ3v) is 5.42. The van der Waals surface area contributed by atoms with E-state index in [4.69, 9.17) is 11.6 Å². The molecule has 0 bridgehead atoms. The average molecular weight is 450 g/mol. The van der Waals surface area contributed by atoms with E-state index in [1.807, 2.05) is 22.9 Å². The second-order valence-electron chi connectivity index (χ2n) is 7.24. The van der Waals surface area contributed by atoms with Crippen LogP contribution in [0.3, 0.4) is 0 Å². The normalized spacial score (nSPS) is 14.7. The highest BCUT2D eigenvalue weighted by atomic mass is 35.5. The summed E-state index contributed by atoms with van der Waals surface area (Å²) in [5.74, 6) is 0.214. The molecule has 2 aromatic heterocycles. The minimum Gasteiger partial charge on any atom is -0.352 e. The van der Waals surface area contributed by atoms with Crippen LogP contribution < -0.4 is 4.90 Å². The summed E-state index contributed by atoms with van der Waals surface area (Å²) >= 11 is 6.04. The maximum absolute atomic E-state index is 12.8. The minimum absolute atomic E-state index is 0.0527. The molecule has 31 heavy (non-hydrogen) atoms. The van der Waals surface area contributed by atoms with Crippen LogP contribution in [-0.2, 0) is 12.7 Å². The van der Waals surface area contributed by atoms with E-state index in [-0.39, 0.29) is 10.9 Å². The van der Waals surface area contributed by atoms with Gasteiger partial charge in [-0.1, -0.05) is 23.7 Å². The lowest BCUT2D eigenvalue weighted by Gasteiger charge is -2.35. The zero-order valence-electron chi connectivity index (χ0n) is 16.4. The fourth-order valence-corrected chi connectivity index (χ4v) is 3.75. The molecule has 0 atom stereocenters. The summed E-state index contributed by atoms with van der Waals surface area (Å²) in [7, 11) is 0. The van der Waals surface area contributed by atoms with E-state index in [0.717, 1.165) is 17.8 Å². The lowest BCUT2D eigenvalue weighted by Crippen LogP contribution is -2.49. The van der Waals surface area contributed by atoms with Crippen LogP contribution in [0.2, 0.25) is 5.02 Å². The topological polar surface area (TPSA) is 54.3 Å². The summed E-state index contributed by atoms with van der Waals surface area (Å²) in [5, 5.41) is -0.0527. The van der Waals surface area contributed by atoms with E-state index in [2.05, 4.69) is 9.97 Å². The first-order chi connectivity index (χ1) is 14.8. The smallest absolute Gasteiger partial charge is 0.352 e. The van der Waals surface area contributed by atoms with Crippen LogP contribution in [0, 0.1) is 0 Å². The lowest BCUT2D eigenvalue weighted by atomic mass is 10.1. The van der Waals surface area contributed by atoms with Gasteiger partial charge in [0, 0.05) is 56.9 Å². The fourth-order valence-electron chi connectivity index (χ4n) is 3.47. The number of piperazine rings is 1. The number of hydrogen-bond donors (Lipinski definition) is 0. The molecule has 3 heterocycles. The molecule has 1 aromatic carbocycles. The number of rotatable bonds is 4. The molecule has 4 rings (SSSR count). The Balaban J connectivity index is 1.37. The Kier molecular flexibility index (Phi) is 5.86. The van der Waals surface area contributed by atoms with E-state index in [0.29, 0.717) is 44.1 Å². The number of nitrogens with zero attached hydrogens (tertiary/aromatic N) is 5. The molecule has 0 unspecified atom stereocenters. The lowest BCUT2D eigenvalue weighted by molar-refractivity contribution is -0.137. The Morgan fingerprint density at radius 1 is 1.10 bits per heavy atom. The highest BCUT2D eigenvalue weighted by Gasteiger charge is 2.32. The largest absolute Gasteiger partial charge is 0.417 e. The molecular weight excluding hydrogens is 431 g/mol. The molecule has 1 fully saturated rings. The van der Waals surface area contributed by atoms with Crippen molar-refractivity contribution in [3.63, 3.8) is 0 Å². The van der Waals surface area contributed by atoms with E-state index >= 15 is 0 Å². The van der Waals surface area contributed by atoms with Gasteiger partial charge in [-0.15, -0.1) is 0 Å². The number of pyridine rings is 1. The van der Waals surface area contributed by atoms with Crippen LogP contribution in [0.25, 0.3) is 0 Å². The number of halogens is 4. The maximum Gasteiger partial charge on any atom is 0.417 e. The summed E-state index contributed by atoms with van der Waals surface area (Å²) in [6, 6.07) is 8.31. The number of carbonyl (C=O) groups excluding carboxylic acids is 1. The Labute approximate surface area is 181 Å². The molecule has 6 nitrogen and oxygen atoms in total. The van der Waals surface area contributed by atoms with Crippen LogP contribution in [0.5, 0.6) is 0 Å². The molecule has 1 saturated heterocycles. The number of alkyl halides is 3. The first kappa shape index (κ1) is 21.2. The third kappa shape index (κ3) is 4.82. The fraction of sp³-hybridized carbons (Fsp3) is 0.286. The van der Waals surface area contributed by atoms with E-state index in [9.17, 15) is 18.0 Å². The van der Waals surface area contributed by atoms with Crippen LogP contribution in [0.15, 0.2) is 55.2 Å². The van der Waals surface area contributed by atoms with E-state index in [1.165, 1.54) is 0 Å². The number of anilines is 1.